The van der Waals surface area contributed by atoms with Gasteiger partial charge in [-0.05, 0) is 18.2 Å². The summed E-state index contributed by atoms with van der Waals surface area (Å²) in [6.07, 6.45) is 1.15. The Morgan fingerprint density at radius 1 is 1.67 bits per heavy atom. The van der Waals surface area contributed by atoms with E-state index in [1.54, 1.807) is 24.3 Å². The van der Waals surface area contributed by atoms with Gasteiger partial charge in [-0.15, -0.1) is 0 Å². The second-order valence-electron chi connectivity index (χ2n) is 2.76. The molecule has 80 valence electrons. The Labute approximate surface area is 86.8 Å². The SMILES string of the molecule is COc1cccc(C(=CCO)[N+](=O)[O-])c1. The first-order valence-electron chi connectivity index (χ1n) is 4.29. The summed E-state index contributed by atoms with van der Waals surface area (Å²) < 4.78 is 4.95. The van der Waals surface area contributed by atoms with E-state index in [9.17, 15) is 10.1 Å². The molecule has 1 rings (SSSR count). The van der Waals surface area contributed by atoms with Crippen molar-refractivity contribution >= 4 is 5.70 Å². The van der Waals surface area contributed by atoms with Crippen LogP contribution in [0.4, 0.5) is 0 Å². The minimum absolute atomic E-state index is 0.128. The molecule has 0 aromatic heterocycles. The van der Waals surface area contributed by atoms with E-state index in [1.165, 1.54) is 7.11 Å². The van der Waals surface area contributed by atoms with Crippen LogP contribution in [0.25, 0.3) is 5.70 Å². The second kappa shape index (κ2) is 5.11. The zero-order chi connectivity index (χ0) is 11.3. The van der Waals surface area contributed by atoms with Gasteiger partial charge in [-0.2, -0.15) is 0 Å². The number of methoxy groups -OCH3 is 1. The van der Waals surface area contributed by atoms with Crippen molar-refractivity contribution in [2.24, 2.45) is 0 Å². The molecule has 1 aromatic carbocycles. The summed E-state index contributed by atoms with van der Waals surface area (Å²) in [6, 6.07) is 6.49. The van der Waals surface area contributed by atoms with Crippen LogP contribution >= 0.6 is 0 Å². The summed E-state index contributed by atoms with van der Waals surface area (Å²) in [4.78, 5) is 10.1. The van der Waals surface area contributed by atoms with E-state index >= 15 is 0 Å². The Hall–Kier alpha value is -1.88. The highest BCUT2D eigenvalue weighted by Crippen LogP contribution is 2.20. The fraction of sp³-hybridized carbons (Fsp3) is 0.200. The van der Waals surface area contributed by atoms with Crippen LogP contribution in [0.5, 0.6) is 5.75 Å². The third kappa shape index (κ3) is 2.78. The summed E-state index contributed by atoms with van der Waals surface area (Å²) in [5.41, 5.74) is 0.282. The van der Waals surface area contributed by atoms with Crippen LogP contribution in [0, 0.1) is 10.1 Å². The third-order valence-electron chi connectivity index (χ3n) is 1.85. The van der Waals surface area contributed by atoms with E-state index in [0.717, 1.165) is 6.08 Å². The molecule has 0 heterocycles. The van der Waals surface area contributed by atoms with Gasteiger partial charge in [0.1, 0.15) is 5.75 Å². The van der Waals surface area contributed by atoms with Crippen LogP contribution in [-0.4, -0.2) is 23.7 Å². The average Bonchev–Trinajstić information content (AvgIpc) is 2.25. The molecule has 15 heavy (non-hydrogen) atoms. The molecule has 0 spiro atoms. The maximum absolute atomic E-state index is 10.7. The van der Waals surface area contributed by atoms with Gasteiger partial charge in [0, 0.05) is 6.08 Å². The van der Waals surface area contributed by atoms with Crippen LogP contribution in [0.15, 0.2) is 30.3 Å². The number of aliphatic hydroxyl groups excluding tert-OH is 1. The van der Waals surface area contributed by atoms with Gasteiger partial charge < -0.3 is 9.84 Å². The monoisotopic (exact) mass is 209 g/mol. The number of hydrogen-bond acceptors (Lipinski definition) is 4. The van der Waals surface area contributed by atoms with E-state index in [4.69, 9.17) is 9.84 Å². The number of hydrogen-bond donors (Lipinski definition) is 1. The van der Waals surface area contributed by atoms with E-state index in [1.807, 2.05) is 0 Å². The summed E-state index contributed by atoms with van der Waals surface area (Å²) in [5.74, 6) is 0.540. The molecule has 0 aliphatic carbocycles. The van der Waals surface area contributed by atoms with Gasteiger partial charge in [0.15, 0.2) is 0 Å². The first kappa shape index (κ1) is 11.2. The van der Waals surface area contributed by atoms with Gasteiger partial charge in [0.05, 0.1) is 24.2 Å². The van der Waals surface area contributed by atoms with Crippen molar-refractivity contribution in [1.29, 1.82) is 0 Å². The molecule has 5 heteroatoms. The molecule has 0 atom stereocenters. The number of aliphatic hydroxyl groups is 1. The van der Waals surface area contributed by atoms with E-state index in [2.05, 4.69) is 0 Å². The number of nitro groups is 1. The van der Waals surface area contributed by atoms with Crippen molar-refractivity contribution in [2.45, 2.75) is 0 Å². The van der Waals surface area contributed by atoms with Crippen LogP contribution in [-0.2, 0) is 0 Å². The molecule has 0 saturated heterocycles. The highest BCUT2D eigenvalue weighted by molar-refractivity contribution is 5.60. The van der Waals surface area contributed by atoms with E-state index in [0.29, 0.717) is 11.3 Å². The lowest BCUT2D eigenvalue weighted by atomic mass is 10.1. The maximum Gasteiger partial charge on any atom is 0.275 e. The number of benzene rings is 1. The molecule has 0 radical (unpaired) electrons. The fourth-order valence-electron chi connectivity index (χ4n) is 1.17. The summed E-state index contributed by atoms with van der Waals surface area (Å²) in [7, 11) is 1.49. The number of nitrogens with zero attached hydrogens (tertiary/aromatic N) is 1. The minimum atomic E-state index is -0.537. The average molecular weight is 209 g/mol. The van der Waals surface area contributed by atoms with Gasteiger partial charge in [-0.3, -0.25) is 10.1 Å². The standard InChI is InChI=1S/C10H11NO4/c1-15-9-4-2-3-8(7-9)10(5-6-12)11(13)14/h2-5,7,12H,6H2,1H3. The first-order chi connectivity index (χ1) is 7.19. The Kier molecular flexibility index (Phi) is 3.82. The van der Waals surface area contributed by atoms with Gasteiger partial charge in [0.25, 0.3) is 5.70 Å². The Morgan fingerprint density at radius 3 is 2.93 bits per heavy atom. The lowest BCUT2D eigenvalue weighted by Crippen LogP contribution is -1.99. The molecule has 1 N–H and O–H groups in total. The zero-order valence-corrected chi connectivity index (χ0v) is 8.21. The van der Waals surface area contributed by atoms with E-state index < -0.39 is 4.92 Å². The lowest BCUT2D eigenvalue weighted by molar-refractivity contribution is -0.375. The van der Waals surface area contributed by atoms with Gasteiger partial charge in [-0.1, -0.05) is 6.07 Å². The first-order valence-corrected chi connectivity index (χ1v) is 4.29. The Balaban J connectivity index is 3.11. The molecule has 0 fully saturated rings. The predicted octanol–water partition coefficient (Wildman–Crippen LogP) is 1.31. The lowest BCUT2D eigenvalue weighted by Gasteiger charge is -2.02. The van der Waals surface area contributed by atoms with Crippen molar-refractivity contribution in [2.75, 3.05) is 13.7 Å². The van der Waals surface area contributed by atoms with Crippen molar-refractivity contribution in [1.82, 2.24) is 0 Å². The molecule has 0 aliphatic heterocycles. The molecule has 5 nitrogen and oxygen atoms in total. The van der Waals surface area contributed by atoms with Gasteiger partial charge in [-0.25, -0.2) is 0 Å². The van der Waals surface area contributed by atoms with Crippen molar-refractivity contribution in [3.63, 3.8) is 0 Å². The van der Waals surface area contributed by atoms with Crippen molar-refractivity contribution in [3.8, 4) is 5.75 Å². The Bertz CT molecular complexity index is 387. The predicted molar refractivity (Wildman–Crippen MR) is 55.1 cm³/mol. The molecule has 1 aromatic rings. The topological polar surface area (TPSA) is 72.6 Å². The van der Waals surface area contributed by atoms with Crippen molar-refractivity contribution in [3.05, 3.63) is 46.0 Å². The van der Waals surface area contributed by atoms with Gasteiger partial charge >= 0.3 is 0 Å². The zero-order valence-electron chi connectivity index (χ0n) is 8.21. The smallest absolute Gasteiger partial charge is 0.275 e. The summed E-state index contributed by atoms with van der Waals surface area (Å²) >= 11 is 0. The van der Waals surface area contributed by atoms with Crippen LogP contribution < -0.4 is 4.74 Å². The molecule has 0 saturated carbocycles. The molecule has 0 amide bonds. The summed E-state index contributed by atoms with van der Waals surface area (Å²) in [6.45, 7) is -0.368. The van der Waals surface area contributed by atoms with E-state index in [-0.39, 0.29) is 12.3 Å². The quantitative estimate of drug-likeness (QED) is 0.599. The largest absolute Gasteiger partial charge is 0.497 e. The van der Waals surface area contributed by atoms with Crippen molar-refractivity contribution < 1.29 is 14.8 Å². The highest BCUT2D eigenvalue weighted by Gasteiger charge is 2.13. The number of rotatable bonds is 4. The Morgan fingerprint density at radius 2 is 2.40 bits per heavy atom. The molecule has 0 unspecified atom stereocenters. The maximum atomic E-state index is 10.7. The molecular weight excluding hydrogens is 198 g/mol. The fourth-order valence-corrected chi connectivity index (χ4v) is 1.17. The third-order valence-corrected chi connectivity index (χ3v) is 1.85. The van der Waals surface area contributed by atoms with Crippen LogP contribution in [0.2, 0.25) is 0 Å². The second-order valence-corrected chi connectivity index (χ2v) is 2.76. The summed E-state index contributed by atoms with van der Waals surface area (Å²) in [5, 5.41) is 19.3. The van der Waals surface area contributed by atoms with Crippen LogP contribution in [0.3, 0.4) is 0 Å². The highest BCUT2D eigenvalue weighted by atomic mass is 16.6. The number of ether oxygens (including phenoxy) is 1. The minimum Gasteiger partial charge on any atom is -0.497 e. The van der Waals surface area contributed by atoms with Crippen LogP contribution in [0.1, 0.15) is 5.56 Å². The molecule has 0 bridgehead atoms. The molecular formula is C10H11NO4. The van der Waals surface area contributed by atoms with Gasteiger partial charge in [0.2, 0.25) is 0 Å². The normalized spacial score (nSPS) is 11.2. The molecule has 0 aliphatic rings.